The van der Waals surface area contributed by atoms with Gasteiger partial charge in [-0.15, -0.1) is 0 Å². The number of nitrogens with zero attached hydrogens (tertiary/aromatic N) is 1. The summed E-state index contributed by atoms with van der Waals surface area (Å²) in [7, 11) is 0. The van der Waals surface area contributed by atoms with Gasteiger partial charge in [0.05, 0.1) is 11.2 Å². The molecule has 0 saturated carbocycles. The molecule has 18 heavy (non-hydrogen) atoms. The molecule has 0 radical (unpaired) electrons. The monoisotopic (exact) mass is 271 g/mol. The number of oxazole rings is 1. The maximum absolute atomic E-state index is 11.5. The van der Waals surface area contributed by atoms with Gasteiger partial charge < -0.3 is 15.5 Å². The van der Waals surface area contributed by atoms with E-state index in [0.717, 1.165) is 5.69 Å². The molecule has 2 atom stereocenters. The van der Waals surface area contributed by atoms with Gasteiger partial charge in [0.2, 0.25) is 5.91 Å². The predicted molar refractivity (Wildman–Crippen MR) is 72.5 cm³/mol. The molecule has 2 unspecified atom stereocenters. The van der Waals surface area contributed by atoms with E-state index >= 15 is 0 Å². The van der Waals surface area contributed by atoms with E-state index in [9.17, 15) is 4.79 Å². The van der Waals surface area contributed by atoms with E-state index in [-0.39, 0.29) is 11.2 Å². The van der Waals surface area contributed by atoms with E-state index in [2.05, 4.69) is 10.3 Å². The number of likely N-dealkylation sites (N-methyl/N-ethyl adjacent to an activating group) is 1. The van der Waals surface area contributed by atoms with Crippen molar-refractivity contribution in [2.45, 2.75) is 50.1 Å². The van der Waals surface area contributed by atoms with E-state index in [4.69, 9.17) is 10.2 Å². The number of nitrogens with two attached hydrogens (primary N) is 1. The molecule has 0 saturated heterocycles. The fraction of sp³-hybridized carbons (Fsp3) is 0.667. The molecule has 1 rings (SSSR count). The van der Waals surface area contributed by atoms with Crippen molar-refractivity contribution in [2.75, 3.05) is 6.54 Å². The Morgan fingerprint density at radius 1 is 1.72 bits per heavy atom. The van der Waals surface area contributed by atoms with Crippen LogP contribution in [0, 0.1) is 6.92 Å². The second-order valence-corrected chi connectivity index (χ2v) is 6.00. The molecule has 1 amide bonds. The van der Waals surface area contributed by atoms with Crippen LogP contribution >= 0.6 is 11.8 Å². The number of nitrogens with one attached hydrogen (secondary N) is 1. The normalized spacial score (nSPS) is 16.2. The van der Waals surface area contributed by atoms with Crippen molar-refractivity contribution in [3.05, 3.63) is 12.0 Å². The van der Waals surface area contributed by atoms with Crippen LogP contribution in [0.25, 0.3) is 0 Å². The number of aromatic nitrogens is 1. The smallest absolute Gasteiger partial charge is 0.256 e. The topological polar surface area (TPSA) is 81.2 Å². The molecule has 0 aliphatic heterocycles. The van der Waals surface area contributed by atoms with Gasteiger partial charge in [-0.25, -0.2) is 4.98 Å². The first kappa shape index (κ1) is 15.0. The predicted octanol–water partition coefficient (Wildman–Crippen LogP) is 1.71. The summed E-state index contributed by atoms with van der Waals surface area (Å²) < 4.78 is 5.29. The van der Waals surface area contributed by atoms with E-state index < -0.39 is 5.54 Å². The standard InChI is InChI=1S/C12H21N3O2S/c1-5-14-12(4,10(13)16)6-9(3)18-11-15-8(2)7-17-11/h7,9,14H,5-6H2,1-4H3,(H2,13,16). The summed E-state index contributed by atoms with van der Waals surface area (Å²) in [6.07, 6.45) is 2.24. The lowest BCUT2D eigenvalue weighted by atomic mass is 9.95. The van der Waals surface area contributed by atoms with Crippen molar-refractivity contribution < 1.29 is 9.21 Å². The minimum Gasteiger partial charge on any atom is -0.440 e. The highest BCUT2D eigenvalue weighted by Gasteiger charge is 2.32. The molecular weight excluding hydrogens is 250 g/mol. The van der Waals surface area contributed by atoms with Gasteiger partial charge in [-0.1, -0.05) is 25.6 Å². The van der Waals surface area contributed by atoms with E-state index in [1.807, 2.05) is 27.7 Å². The minimum absolute atomic E-state index is 0.180. The number of carbonyl (C=O) groups excluding carboxylic acids is 1. The molecule has 0 aromatic carbocycles. The Morgan fingerprint density at radius 2 is 2.39 bits per heavy atom. The Balaban J connectivity index is 2.61. The van der Waals surface area contributed by atoms with E-state index in [0.29, 0.717) is 18.2 Å². The van der Waals surface area contributed by atoms with Crippen molar-refractivity contribution >= 4 is 17.7 Å². The number of aryl methyl sites for hydroxylation is 1. The average Bonchev–Trinajstić information content (AvgIpc) is 2.63. The van der Waals surface area contributed by atoms with Gasteiger partial charge in [0.1, 0.15) is 6.26 Å². The fourth-order valence-electron chi connectivity index (χ4n) is 1.83. The third-order valence-corrected chi connectivity index (χ3v) is 3.66. The summed E-state index contributed by atoms with van der Waals surface area (Å²) in [6, 6.07) is 0. The molecule has 0 bridgehead atoms. The van der Waals surface area contributed by atoms with Crippen LogP contribution < -0.4 is 11.1 Å². The zero-order valence-electron chi connectivity index (χ0n) is 11.3. The van der Waals surface area contributed by atoms with Gasteiger partial charge in [-0.05, 0) is 26.8 Å². The fourth-order valence-corrected chi connectivity index (χ4v) is 2.89. The number of carbonyl (C=O) groups is 1. The number of primary amides is 1. The largest absolute Gasteiger partial charge is 0.440 e. The quantitative estimate of drug-likeness (QED) is 0.738. The van der Waals surface area contributed by atoms with Crippen molar-refractivity contribution in [1.29, 1.82) is 0 Å². The Hall–Kier alpha value is -1.01. The lowest BCUT2D eigenvalue weighted by Gasteiger charge is -2.29. The molecule has 1 aromatic heterocycles. The molecule has 0 aliphatic rings. The van der Waals surface area contributed by atoms with Gasteiger partial charge in [0.15, 0.2) is 0 Å². The molecule has 0 fully saturated rings. The maximum atomic E-state index is 11.5. The minimum atomic E-state index is -0.692. The van der Waals surface area contributed by atoms with Crippen molar-refractivity contribution in [3.63, 3.8) is 0 Å². The van der Waals surface area contributed by atoms with Crippen LogP contribution in [-0.2, 0) is 4.79 Å². The molecule has 0 aliphatic carbocycles. The van der Waals surface area contributed by atoms with Crippen LogP contribution in [0.15, 0.2) is 15.9 Å². The Kier molecular flexibility index (Phi) is 5.22. The van der Waals surface area contributed by atoms with Gasteiger partial charge >= 0.3 is 0 Å². The van der Waals surface area contributed by atoms with Crippen LogP contribution in [0.3, 0.4) is 0 Å². The lowest BCUT2D eigenvalue weighted by molar-refractivity contribution is -0.124. The third-order valence-electron chi connectivity index (χ3n) is 2.71. The van der Waals surface area contributed by atoms with Crippen molar-refractivity contribution in [2.24, 2.45) is 5.73 Å². The number of amides is 1. The summed E-state index contributed by atoms with van der Waals surface area (Å²) >= 11 is 1.51. The first-order valence-electron chi connectivity index (χ1n) is 6.01. The first-order valence-corrected chi connectivity index (χ1v) is 6.89. The average molecular weight is 271 g/mol. The molecule has 0 spiro atoms. The SMILES string of the molecule is CCNC(C)(CC(C)Sc1nc(C)co1)C(N)=O. The summed E-state index contributed by atoms with van der Waals surface area (Å²) in [5.74, 6) is -0.333. The first-order chi connectivity index (χ1) is 8.37. The molecule has 102 valence electrons. The van der Waals surface area contributed by atoms with Crippen LogP contribution in [-0.4, -0.2) is 28.2 Å². The maximum Gasteiger partial charge on any atom is 0.256 e. The molecule has 1 aromatic rings. The Bertz CT molecular complexity index is 408. The lowest BCUT2D eigenvalue weighted by Crippen LogP contribution is -2.54. The molecule has 3 N–H and O–H groups in total. The van der Waals surface area contributed by atoms with Crippen molar-refractivity contribution in [3.8, 4) is 0 Å². The summed E-state index contributed by atoms with van der Waals surface area (Å²) in [5, 5.41) is 3.95. The van der Waals surface area contributed by atoms with Gasteiger partial charge in [-0.3, -0.25) is 4.79 Å². The molecule has 6 heteroatoms. The zero-order valence-corrected chi connectivity index (χ0v) is 12.1. The molecular formula is C12H21N3O2S. The zero-order chi connectivity index (χ0) is 13.8. The van der Waals surface area contributed by atoms with Gasteiger partial charge in [-0.2, -0.15) is 0 Å². The highest BCUT2D eigenvalue weighted by Crippen LogP contribution is 2.28. The number of hydrogen-bond donors (Lipinski definition) is 2. The second kappa shape index (κ2) is 6.24. The summed E-state index contributed by atoms with van der Waals surface area (Å²) in [6.45, 7) is 8.40. The van der Waals surface area contributed by atoms with Gasteiger partial charge in [0.25, 0.3) is 5.22 Å². The summed E-state index contributed by atoms with van der Waals surface area (Å²) in [4.78, 5) is 15.7. The summed E-state index contributed by atoms with van der Waals surface area (Å²) in [5.41, 5.74) is 5.62. The number of rotatable bonds is 7. The number of thioether (sulfide) groups is 1. The van der Waals surface area contributed by atoms with Crippen LogP contribution in [0.4, 0.5) is 0 Å². The molecule has 1 heterocycles. The second-order valence-electron chi connectivity index (χ2n) is 4.61. The Labute approximate surface area is 112 Å². The van der Waals surface area contributed by atoms with E-state index in [1.165, 1.54) is 11.8 Å². The van der Waals surface area contributed by atoms with Crippen LogP contribution in [0.2, 0.25) is 0 Å². The van der Waals surface area contributed by atoms with Crippen LogP contribution in [0.1, 0.15) is 32.9 Å². The third kappa shape index (κ3) is 4.03. The highest BCUT2D eigenvalue weighted by molar-refractivity contribution is 7.99. The van der Waals surface area contributed by atoms with Crippen LogP contribution in [0.5, 0.6) is 0 Å². The van der Waals surface area contributed by atoms with E-state index in [1.54, 1.807) is 6.26 Å². The van der Waals surface area contributed by atoms with Crippen molar-refractivity contribution in [1.82, 2.24) is 10.3 Å². The Morgan fingerprint density at radius 3 is 2.83 bits per heavy atom. The number of hydrogen-bond acceptors (Lipinski definition) is 5. The molecule has 5 nitrogen and oxygen atoms in total. The van der Waals surface area contributed by atoms with Gasteiger partial charge in [0, 0.05) is 5.25 Å². The highest BCUT2D eigenvalue weighted by atomic mass is 32.2.